The lowest BCUT2D eigenvalue weighted by Crippen LogP contribution is -2.37. The van der Waals surface area contributed by atoms with Crippen molar-refractivity contribution in [3.63, 3.8) is 0 Å². The highest BCUT2D eigenvalue weighted by Gasteiger charge is 2.26. The fourth-order valence-corrected chi connectivity index (χ4v) is 3.90. The molecule has 0 aromatic heterocycles. The number of hydrogen-bond acceptors (Lipinski definition) is 8. The molecule has 10 nitrogen and oxygen atoms in total. The van der Waals surface area contributed by atoms with Crippen LogP contribution in [0.3, 0.4) is 0 Å². The zero-order valence-electron chi connectivity index (χ0n) is 25.6. The normalized spacial score (nSPS) is 15.6. The molecule has 0 amide bonds. The summed E-state index contributed by atoms with van der Waals surface area (Å²) in [4.78, 5) is 33.3. The SMILES string of the molecule is CCCC[C@@H](O)/C=C\C/C=C\C/C=C\C/C=C\CCCC(=O)O[C@H](COC(C)=O)COP(=O)(O)OCC[N+](C)(C)C. The molecule has 0 aliphatic heterocycles. The Morgan fingerprint density at radius 3 is 2.10 bits per heavy atom. The number of ether oxygens (including phenoxy) is 2. The van der Waals surface area contributed by atoms with Crippen LogP contribution in [-0.4, -0.2) is 86.1 Å². The van der Waals surface area contributed by atoms with E-state index in [1.54, 1.807) is 0 Å². The molecule has 0 spiro atoms. The smallest absolute Gasteiger partial charge is 0.462 e. The Balaban J connectivity index is 4.24. The first-order valence-corrected chi connectivity index (χ1v) is 15.9. The number of aliphatic hydroxyl groups is 1. The van der Waals surface area contributed by atoms with Crippen LogP contribution in [0.25, 0.3) is 0 Å². The monoisotopic (exact) mass is 602 g/mol. The van der Waals surface area contributed by atoms with Gasteiger partial charge in [0.1, 0.15) is 19.8 Å². The van der Waals surface area contributed by atoms with Crippen LogP contribution in [-0.2, 0) is 32.7 Å². The van der Waals surface area contributed by atoms with Gasteiger partial charge in [-0.25, -0.2) is 4.57 Å². The van der Waals surface area contributed by atoms with Crippen molar-refractivity contribution in [2.24, 2.45) is 0 Å². The maximum Gasteiger partial charge on any atom is 0.472 e. The van der Waals surface area contributed by atoms with Gasteiger partial charge in [0.25, 0.3) is 0 Å². The Hall–Kier alpha value is -2.07. The molecule has 1 unspecified atom stereocenters. The maximum atomic E-state index is 12.2. The molecule has 0 heterocycles. The van der Waals surface area contributed by atoms with Gasteiger partial charge in [-0.05, 0) is 38.5 Å². The van der Waals surface area contributed by atoms with Gasteiger partial charge in [-0.3, -0.25) is 18.6 Å². The third-order valence-corrected chi connectivity index (χ3v) is 6.47. The summed E-state index contributed by atoms with van der Waals surface area (Å²) in [6.07, 6.45) is 21.6. The molecule has 41 heavy (non-hydrogen) atoms. The van der Waals surface area contributed by atoms with E-state index in [0.29, 0.717) is 23.9 Å². The molecule has 0 saturated heterocycles. The molecule has 3 atom stereocenters. The van der Waals surface area contributed by atoms with Crippen LogP contribution in [0.2, 0.25) is 0 Å². The topological polar surface area (TPSA) is 129 Å². The number of aliphatic hydroxyl groups excluding tert-OH is 1. The number of unbranched alkanes of at least 4 members (excludes halogenated alkanes) is 2. The number of phosphoric acid groups is 1. The Morgan fingerprint density at radius 1 is 0.902 bits per heavy atom. The molecule has 0 radical (unpaired) electrons. The predicted molar refractivity (Wildman–Crippen MR) is 161 cm³/mol. The van der Waals surface area contributed by atoms with Gasteiger partial charge in [0.2, 0.25) is 0 Å². The van der Waals surface area contributed by atoms with Gasteiger partial charge in [-0.15, -0.1) is 0 Å². The van der Waals surface area contributed by atoms with Crippen molar-refractivity contribution in [3.05, 3.63) is 48.6 Å². The third kappa shape index (κ3) is 27.9. The number of phosphoric ester groups is 1. The van der Waals surface area contributed by atoms with E-state index in [2.05, 4.69) is 31.2 Å². The van der Waals surface area contributed by atoms with E-state index in [1.807, 2.05) is 45.4 Å². The summed E-state index contributed by atoms with van der Waals surface area (Å²) in [6, 6.07) is 0. The predicted octanol–water partition coefficient (Wildman–Crippen LogP) is 5.42. The van der Waals surface area contributed by atoms with Crippen molar-refractivity contribution >= 4 is 19.8 Å². The molecule has 0 aromatic rings. The Kier molecular flexibility index (Phi) is 22.3. The van der Waals surface area contributed by atoms with Crippen LogP contribution in [0.4, 0.5) is 0 Å². The Labute approximate surface area is 246 Å². The first-order valence-electron chi connectivity index (χ1n) is 14.4. The number of carbonyl (C=O) groups excluding carboxylic acids is 2. The molecule has 0 bridgehead atoms. The van der Waals surface area contributed by atoms with Crippen LogP contribution in [0.5, 0.6) is 0 Å². The van der Waals surface area contributed by atoms with Gasteiger partial charge >= 0.3 is 19.8 Å². The quantitative estimate of drug-likeness (QED) is 0.0489. The van der Waals surface area contributed by atoms with Crippen molar-refractivity contribution in [2.75, 3.05) is 47.5 Å². The summed E-state index contributed by atoms with van der Waals surface area (Å²) >= 11 is 0. The van der Waals surface area contributed by atoms with E-state index < -0.39 is 32.5 Å². The molecule has 236 valence electrons. The van der Waals surface area contributed by atoms with Crippen LogP contribution >= 0.6 is 7.82 Å². The van der Waals surface area contributed by atoms with Crippen LogP contribution in [0, 0.1) is 0 Å². The summed E-state index contributed by atoms with van der Waals surface area (Å²) in [7, 11) is 1.39. The fraction of sp³-hybridized carbons (Fsp3) is 0.667. The lowest BCUT2D eigenvalue weighted by molar-refractivity contribution is -0.870. The van der Waals surface area contributed by atoms with Crippen LogP contribution in [0.1, 0.15) is 71.6 Å². The van der Waals surface area contributed by atoms with Gasteiger partial charge in [0, 0.05) is 13.3 Å². The van der Waals surface area contributed by atoms with Gasteiger partial charge in [-0.1, -0.05) is 68.4 Å². The second-order valence-electron chi connectivity index (χ2n) is 10.7. The molecule has 11 heteroatoms. The van der Waals surface area contributed by atoms with Crippen molar-refractivity contribution in [2.45, 2.75) is 83.8 Å². The lowest BCUT2D eigenvalue weighted by atomic mass is 10.1. The van der Waals surface area contributed by atoms with Crippen LogP contribution in [0.15, 0.2) is 48.6 Å². The number of carbonyl (C=O) groups is 2. The van der Waals surface area contributed by atoms with Crippen molar-refractivity contribution in [1.82, 2.24) is 0 Å². The highest BCUT2D eigenvalue weighted by atomic mass is 31.2. The lowest BCUT2D eigenvalue weighted by Gasteiger charge is -2.24. The largest absolute Gasteiger partial charge is 0.472 e. The number of hydrogen-bond donors (Lipinski definition) is 2. The average molecular weight is 603 g/mol. The molecule has 0 aliphatic carbocycles. The maximum absolute atomic E-state index is 12.2. The molecule has 0 rings (SSSR count). The Bertz CT molecular complexity index is 878. The second-order valence-corrected chi connectivity index (χ2v) is 12.1. The zero-order chi connectivity index (χ0) is 31.0. The number of esters is 2. The summed E-state index contributed by atoms with van der Waals surface area (Å²) in [6.45, 7) is 3.09. The summed E-state index contributed by atoms with van der Waals surface area (Å²) < 4.78 is 32.8. The van der Waals surface area contributed by atoms with E-state index in [-0.39, 0.29) is 25.7 Å². The number of allylic oxidation sites excluding steroid dienone is 7. The summed E-state index contributed by atoms with van der Waals surface area (Å²) in [5, 5.41) is 9.75. The van der Waals surface area contributed by atoms with Gasteiger partial charge < -0.3 is 24.0 Å². The van der Waals surface area contributed by atoms with E-state index in [9.17, 15) is 24.2 Å². The van der Waals surface area contributed by atoms with Gasteiger partial charge in [0.15, 0.2) is 6.10 Å². The first kappa shape index (κ1) is 38.9. The Morgan fingerprint density at radius 2 is 1.51 bits per heavy atom. The minimum absolute atomic E-state index is 0.00953. The van der Waals surface area contributed by atoms with E-state index >= 15 is 0 Å². The molecular formula is C30H53NO9P+. The summed E-state index contributed by atoms with van der Waals surface area (Å²) in [5.41, 5.74) is 0. The number of quaternary nitrogens is 1. The van der Waals surface area contributed by atoms with Crippen LogP contribution < -0.4 is 0 Å². The highest BCUT2D eigenvalue weighted by molar-refractivity contribution is 7.47. The van der Waals surface area contributed by atoms with Crippen molar-refractivity contribution in [1.29, 1.82) is 0 Å². The average Bonchev–Trinajstić information content (AvgIpc) is 2.88. The van der Waals surface area contributed by atoms with E-state index in [4.69, 9.17) is 18.5 Å². The highest BCUT2D eigenvalue weighted by Crippen LogP contribution is 2.43. The van der Waals surface area contributed by atoms with Gasteiger partial charge in [0.05, 0.1) is 33.9 Å². The standard InChI is InChI=1S/C30H52NO9P/c1-6-7-20-28(33)21-18-16-14-12-10-8-9-11-13-15-17-19-22-30(34)40-29(25-37-27(2)32)26-39-41(35,36)38-24-23-31(3,4)5/h8-9,12-15,18,21,28-29,33H,6-7,10-11,16-17,19-20,22-26H2,1-5H3/p+1/b9-8-,14-12-,15-13-,21-18-/t28-,29-/m1/s1. The first-order chi connectivity index (χ1) is 19.3. The fourth-order valence-electron chi connectivity index (χ4n) is 3.16. The molecule has 0 saturated carbocycles. The third-order valence-electron chi connectivity index (χ3n) is 5.49. The second kappa shape index (κ2) is 23.5. The molecular weight excluding hydrogens is 549 g/mol. The number of rotatable bonds is 24. The molecule has 2 N–H and O–H groups in total. The van der Waals surface area contributed by atoms with Gasteiger partial charge in [-0.2, -0.15) is 0 Å². The zero-order valence-corrected chi connectivity index (χ0v) is 26.5. The summed E-state index contributed by atoms with van der Waals surface area (Å²) in [5.74, 6) is -1.09. The molecule has 0 aromatic carbocycles. The van der Waals surface area contributed by atoms with Crippen molar-refractivity contribution < 1.29 is 47.2 Å². The van der Waals surface area contributed by atoms with Crippen molar-refractivity contribution in [3.8, 4) is 0 Å². The molecule has 0 aliphatic rings. The minimum Gasteiger partial charge on any atom is -0.462 e. The number of likely N-dealkylation sites (N-methyl/N-ethyl adjacent to an activating group) is 1. The van der Waals surface area contributed by atoms with E-state index in [0.717, 1.165) is 38.5 Å². The minimum atomic E-state index is -4.35. The number of nitrogens with zero attached hydrogens (tertiary/aromatic N) is 1. The molecule has 0 fully saturated rings. The van der Waals surface area contributed by atoms with E-state index in [1.165, 1.54) is 6.92 Å².